The SMILES string of the molecule is Cc1cc(NC[C@H]2CC(=O)N(C3CC3)C2)ncc1[N+](=O)[O-]. The van der Waals surface area contributed by atoms with Gasteiger partial charge >= 0.3 is 0 Å². The van der Waals surface area contributed by atoms with E-state index in [0.29, 0.717) is 30.4 Å². The maximum Gasteiger partial charge on any atom is 0.290 e. The first-order valence-corrected chi connectivity index (χ1v) is 7.19. The Labute approximate surface area is 122 Å². The Kier molecular flexibility index (Phi) is 3.48. The quantitative estimate of drug-likeness (QED) is 0.659. The highest BCUT2D eigenvalue weighted by Crippen LogP contribution is 2.32. The molecule has 1 N–H and O–H groups in total. The molecule has 21 heavy (non-hydrogen) atoms. The number of hydrogen-bond donors (Lipinski definition) is 1. The Morgan fingerprint density at radius 2 is 2.29 bits per heavy atom. The molecule has 0 bridgehead atoms. The summed E-state index contributed by atoms with van der Waals surface area (Å²) in [4.78, 5) is 28.2. The summed E-state index contributed by atoms with van der Waals surface area (Å²) in [5, 5.41) is 13.9. The van der Waals surface area contributed by atoms with Crippen molar-refractivity contribution in [1.82, 2.24) is 9.88 Å². The first kappa shape index (κ1) is 13.8. The van der Waals surface area contributed by atoms with Crippen molar-refractivity contribution in [2.45, 2.75) is 32.2 Å². The van der Waals surface area contributed by atoms with Crippen molar-refractivity contribution in [2.24, 2.45) is 5.92 Å². The second kappa shape index (κ2) is 5.31. The van der Waals surface area contributed by atoms with Crippen molar-refractivity contribution in [1.29, 1.82) is 0 Å². The minimum Gasteiger partial charge on any atom is -0.370 e. The number of aromatic nitrogens is 1. The van der Waals surface area contributed by atoms with E-state index in [1.165, 1.54) is 6.20 Å². The van der Waals surface area contributed by atoms with Gasteiger partial charge in [0.05, 0.1) is 4.92 Å². The molecule has 1 aliphatic carbocycles. The number of rotatable bonds is 5. The van der Waals surface area contributed by atoms with Gasteiger partial charge in [0.1, 0.15) is 12.0 Å². The molecule has 1 aliphatic heterocycles. The number of pyridine rings is 1. The second-order valence-electron chi connectivity index (χ2n) is 5.84. The average molecular weight is 290 g/mol. The first-order valence-electron chi connectivity index (χ1n) is 7.19. The van der Waals surface area contributed by atoms with Gasteiger partial charge in [0.2, 0.25) is 5.91 Å². The molecule has 0 unspecified atom stereocenters. The number of nitrogens with one attached hydrogen (secondary N) is 1. The number of hydrogen-bond acceptors (Lipinski definition) is 5. The van der Waals surface area contributed by atoms with Crippen LogP contribution in [0.25, 0.3) is 0 Å². The van der Waals surface area contributed by atoms with E-state index in [-0.39, 0.29) is 17.5 Å². The number of amides is 1. The fourth-order valence-electron chi connectivity index (χ4n) is 2.77. The van der Waals surface area contributed by atoms with E-state index in [0.717, 1.165) is 19.4 Å². The number of aryl methyl sites for hydroxylation is 1. The molecule has 1 saturated carbocycles. The van der Waals surface area contributed by atoms with Crippen LogP contribution in [0.4, 0.5) is 11.5 Å². The Morgan fingerprint density at radius 3 is 2.90 bits per heavy atom. The highest BCUT2D eigenvalue weighted by molar-refractivity contribution is 5.79. The number of nitrogens with zero attached hydrogens (tertiary/aromatic N) is 3. The molecule has 1 aromatic rings. The summed E-state index contributed by atoms with van der Waals surface area (Å²) in [5.74, 6) is 1.16. The van der Waals surface area contributed by atoms with E-state index in [4.69, 9.17) is 0 Å². The number of anilines is 1. The van der Waals surface area contributed by atoms with Crippen molar-refractivity contribution >= 4 is 17.4 Å². The molecule has 0 aromatic carbocycles. The number of likely N-dealkylation sites (tertiary alicyclic amines) is 1. The van der Waals surface area contributed by atoms with Crippen molar-refractivity contribution in [3.63, 3.8) is 0 Å². The van der Waals surface area contributed by atoms with Gasteiger partial charge in [0, 0.05) is 37.0 Å². The van der Waals surface area contributed by atoms with Gasteiger partial charge in [0.15, 0.2) is 0 Å². The molecule has 3 rings (SSSR count). The van der Waals surface area contributed by atoms with Crippen LogP contribution in [-0.2, 0) is 4.79 Å². The van der Waals surface area contributed by atoms with Gasteiger partial charge in [0.25, 0.3) is 5.69 Å². The summed E-state index contributed by atoms with van der Waals surface area (Å²) >= 11 is 0. The third-order valence-corrected chi connectivity index (χ3v) is 4.08. The van der Waals surface area contributed by atoms with Gasteiger partial charge in [-0.15, -0.1) is 0 Å². The van der Waals surface area contributed by atoms with Crippen molar-refractivity contribution in [3.8, 4) is 0 Å². The lowest BCUT2D eigenvalue weighted by Crippen LogP contribution is -2.28. The van der Waals surface area contributed by atoms with Crippen molar-refractivity contribution in [3.05, 3.63) is 27.9 Å². The average Bonchev–Trinajstić information content (AvgIpc) is 3.20. The van der Waals surface area contributed by atoms with Crippen LogP contribution in [0, 0.1) is 23.0 Å². The zero-order chi connectivity index (χ0) is 15.0. The zero-order valence-corrected chi connectivity index (χ0v) is 11.9. The molecule has 7 nitrogen and oxygen atoms in total. The maximum atomic E-state index is 11.9. The summed E-state index contributed by atoms with van der Waals surface area (Å²) < 4.78 is 0. The van der Waals surface area contributed by atoms with Crippen molar-refractivity contribution in [2.75, 3.05) is 18.4 Å². The number of nitro groups is 1. The molecule has 0 spiro atoms. The van der Waals surface area contributed by atoms with Gasteiger partial charge in [-0.3, -0.25) is 14.9 Å². The van der Waals surface area contributed by atoms with Gasteiger partial charge in [-0.1, -0.05) is 0 Å². The van der Waals surface area contributed by atoms with E-state index in [1.54, 1.807) is 13.0 Å². The third kappa shape index (κ3) is 2.96. The smallest absolute Gasteiger partial charge is 0.290 e. The van der Waals surface area contributed by atoms with E-state index < -0.39 is 4.92 Å². The minimum absolute atomic E-state index is 0.0245. The maximum absolute atomic E-state index is 11.9. The minimum atomic E-state index is -0.435. The summed E-state index contributed by atoms with van der Waals surface area (Å²) in [6.45, 7) is 3.17. The Balaban J connectivity index is 1.57. The van der Waals surface area contributed by atoms with E-state index in [9.17, 15) is 14.9 Å². The molecule has 1 atom stereocenters. The predicted octanol–water partition coefficient (Wildman–Crippen LogP) is 1.72. The topological polar surface area (TPSA) is 88.4 Å². The summed E-state index contributed by atoms with van der Waals surface area (Å²) in [5.41, 5.74) is 0.608. The van der Waals surface area contributed by atoms with E-state index >= 15 is 0 Å². The van der Waals surface area contributed by atoms with Crippen LogP contribution in [0.15, 0.2) is 12.3 Å². The molecular weight excluding hydrogens is 272 g/mol. The first-order chi connectivity index (χ1) is 10.0. The normalized spacial score (nSPS) is 21.7. The fourth-order valence-corrected chi connectivity index (χ4v) is 2.77. The Morgan fingerprint density at radius 1 is 1.52 bits per heavy atom. The lowest BCUT2D eigenvalue weighted by molar-refractivity contribution is -0.385. The van der Waals surface area contributed by atoms with E-state index in [2.05, 4.69) is 10.3 Å². The lowest BCUT2D eigenvalue weighted by Gasteiger charge is -2.15. The van der Waals surface area contributed by atoms with Gasteiger partial charge in [-0.2, -0.15) is 0 Å². The summed E-state index contributed by atoms with van der Waals surface area (Å²) in [6.07, 6.45) is 4.12. The van der Waals surface area contributed by atoms with Crippen LogP contribution in [0.3, 0.4) is 0 Å². The molecule has 2 aliphatic rings. The Hall–Kier alpha value is -2.18. The predicted molar refractivity (Wildman–Crippen MR) is 77.0 cm³/mol. The van der Waals surface area contributed by atoms with E-state index in [1.807, 2.05) is 4.90 Å². The molecule has 2 heterocycles. The molecule has 112 valence electrons. The summed E-state index contributed by atoms with van der Waals surface area (Å²) in [7, 11) is 0. The molecule has 1 saturated heterocycles. The lowest BCUT2D eigenvalue weighted by atomic mass is 10.1. The van der Waals surface area contributed by atoms with Gasteiger partial charge in [-0.05, 0) is 25.8 Å². The second-order valence-corrected chi connectivity index (χ2v) is 5.84. The monoisotopic (exact) mass is 290 g/mol. The van der Waals surface area contributed by atoms with Crippen LogP contribution >= 0.6 is 0 Å². The van der Waals surface area contributed by atoms with Crippen LogP contribution in [0.2, 0.25) is 0 Å². The zero-order valence-electron chi connectivity index (χ0n) is 11.9. The van der Waals surface area contributed by atoms with Crippen LogP contribution in [-0.4, -0.2) is 39.8 Å². The number of carbonyl (C=O) groups excluding carboxylic acids is 1. The molecule has 1 aromatic heterocycles. The molecule has 2 fully saturated rings. The Bertz CT molecular complexity index is 586. The largest absolute Gasteiger partial charge is 0.370 e. The van der Waals surface area contributed by atoms with Gasteiger partial charge < -0.3 is 10.2 Å². The van der Waals surface area contributed by atoms with Crippen LogP contribution < -0.4 is 5.32 Å². The molecule has 1 amide bonds. The van der Waals surface area contributed by atoms with Crippen LogP contribution in [0.5, 0.6) is 0 Å². The van der Waals surface area contributed by atoms with Crippen molar-refractivity contribution < 1.29 is 9.72 Å². The standard InChI is InChI=1S/C14H18N4O3/c1-9-4-13(16-7-12(9)18(20)21)15-6-10-5-14(19)17(8-10)11-2-3-11/h4,7,10-11H,2-3,5-6,8H2,1H3,(H,15,16)/t10-/m1/s1. The van der Waals surface area contributed by atoms with Gasteiger partial charge in [-0.25, -0.2) is 4.98 Å². The summed E-state index contributed by atoms with van der Waals surface area (Å²) in [6, 6.07) is 2.15. The highest BCUT2D eigenvalue weighted by atomic mass is 16.6. The fraction of sp³-hybridized carbons (Fsp3) is 0.571. The van der Waals surface area contributed by atoms with Crippen LogP contribution in [0.1, 0.15) is 24.8 Å². The third-order valence-electron chi connectivity index (χ3n) is 4.08. The molecule has 7 heteroatoms. The molecular formula is C14H18N4O3. The number of carbonyl (C=O) groups is 1. The highest BCUT2D eigenvalue weighted by Gasteiger charge is 2.39. The molecule has 0 radical (unpaired) electrons.